The quantitative estimate of drug-likeness (QED) is 0.813. The number of carbonyl (C=O) groups is 1. The van der Waals surface area contributed by atoms with Crippen LogP contribution in [0.25, 0.3) is 0 Å². The third kappa shape index (κ3) is 3.49. The van der Waals surface area contributed by atoms with E-state index in [0.29, 0.717) is 18.5 Å². The number of nitrogens with zero attached hydrogens (tertiary/aromatic N) is 1. The van der Waals surface area contributed by atoms with E-state index in [9.17, 15) is 14.3 Å². The molecule has 3 rings (SSSR count). The molecule has 1 aliphatic heterocycles. The Kier molecular flexibility index (Phi) is 5.14. The molecule has 2 unspecified atom stereocenters. The van der Waals surface area contributed by atoms with E-state index in [2.05, 4.69) is 15.9 Å². The highest BCUT2D eigenvalue weighted by Gasteiger charge is 2.36. The summed E-state index contributed by atoms with van der Waals surface area (Å²) in [5.74, 6) is -1.13. The van der Waals surface area contributed by atoms with Gasteiger partial charge in [-0.2, -0.15) is 0 Å². The zero-order valence-corrected chi connectivity index (χ0v) is 14.8. The van der Waals surface area contributed by atoms with Gasteiger partial charge in [0.1, 0.15) is 11.9 Å². The van der Waals surface area contributed by atoms with Crippen molar-refractivity contribution >= 4 is 33.2 Å². The topological polar surface area (TPSA) is 40.5 Å². The molecular weight excluding hydrogens is 381 g/mol. The van der Waals surface area contributed by atoms with Gasteiger partial charge < -0.3 is 5.11 Å². The van der Waals surface area contributed by atoms with Crippen LogP contribution in [-0.2, 0) is 4.79 Å². The number of hydrogen-bond acceptors (Lipinski definition) is 3. The molecule has 122 valence electrons. The molecule has 1 aliphatic rings. The average Bonchev–Trinajstić information content (AvgIpc) is 2.96. The zero-order chi connectivity index (χ0) is 16.4. The molecule has 6 heteroatoms. The van der Waals surface area contributed by atoms with Gasteiger partial charge in [0.25, 0.3) is 0 Å². The van der Waals surface area contributed by atoms with E-state index in [1.165, 1.54) is 17.4 Å². The number of halogens is 2. The monoisotopic (exact) mass is 397 g/mol. The van der Waals surface area contributed by atoms with Crippen molar-refractivity contribution in [3.63, 3.8) is 0 Å². The Morgan fingerprint density at radius 3 is 2.74 bits per heavy atom. The molecule has 1 aromatic carbocycles. The van der Waals surface area contributed by atoms with Gasteiger partial charge in [-0.3, -0.25) is 9.69 Å². The predicted octanol–water partition coefficient (Wildman–Crippen LogP) is 4.68. The summed E-state index contributed by atoms with van der Waals surface area (Å²) in [5, 5.41) is 9.58. The molecule has 0 saturated carbocycles. The highest BCUT2D eigenvalue weighted by atomic mass is 79.9. The van der Waals surface area contributed by atoms with Crippen LogP contribution in [0.1, 0.15) is 35.7 Å². The van der Waals surface area contributed by atoms with Crippen molar-refractivity contribution < 1.29 is 14.3 Å². The van der Waals surface area contributed by atoms with Crippen molar-refractivity contribution in [3.05, 3.63) is 56.4 Å². The van der Waals surface area contributed by atoms with E-state index < -0.39 is 12.0 Å². The molecular formula is C17H17BrFNO2S. The second-order valence-electron chi connectivity index (χ2n) is 5.65. The largest absolute Gasteiger partial charge is 0.480 e. The summed E-state index contributed by atoms with van der Waals surface area (Å²) in [6.45, 7) is 0.658. The number of piperidine rings is 1. The number of likely N-dealkylation sites (tertiary alicyclic amines) is 1. The maximum absolute atomic E-state index is 14.4. The van der Waals surface area contributed by atoms with Gasteiger partial charge in [0, 0.05) is 10.4 Å². The molecule has 2 heterocycles. The Labute approximate surface area is 146 Å². The molecule has 0 spiro atoms. The van der Waals surface area contributed by atoms with Crippen LogP contribution in [0.2, 0.25) is 0 Å². The summed E-state index contributed by atoms with van der Waals surface area (Å²) in [7, 11) is 0. The minimum atomic E-state index is -0.832. The van der Waals surface area contributed by atoms with Gasteiger partial charge in [-0.25, -0.2) is 4.39 Å². The van der Waals surface area contributed by atoms with Gasteiger partial charge in [0.15, 0.2) is 0 Å². The summed E-state index contributed by atoms with van der Waals surface area (Å²) in [6.07, 6.45) is 2.43. The van der Waals surface area contributed by atoms with Gasteiger partial charge in [-0.1, -0.05) is 24.6 Å². The van der Waals surface area contributed by atoms with Crippen LogP contribution in [0.15, 0.2) is 40.2 Å². The molecule has 1 aromatic heterocycles. The first-order valence-electron chi connectivity index (χ1n) is 7.56. The Hall–Kier alpha value is -1.24. The molecule has 0 bridgehead atoms. The van der Waals surface area contributed by atoms with Gasteiger partial charge in [0.05, 0.1) is 9.83 Å². The summed E-state index contributed by atoms with van der Waals surface area (Å²) in [4.78, 5) is 14.6. The molecule has 2 atom stereocenters. The van der Waals surface area contributed by atoms with Crippen molar-refractivity contribution in [2.75, 3.05) is 6.54 Å². The third-order valence-electron chi connectivity index (χ3n) is 4.22. The molecule has 23 heavy (non-hydrogen) atoms. The first-order valence-corrected chi connectivity index (χ1v) is 9.17. The van der Waals surface area contributed by atoms with Crippen molar-refractivity contribution in [1.82, 2.24) is 4.90 Å². The number of rotatable bonds is 4. The smallest absolute Gasteiger partial charge is 0.320 e. The lowest BCUT2D eigenvalue weighted by atomic mass is 9.95. The SMILES string of the molecule is O=C(O)C1CCCCN1C(c1ccc(Br)s1)c1ccccc1F. The maximum atomic E-state index is 14.4. The van der Waals surface area contributed by atoms with Crippen LogP contribution < -0.4 is 0 Å². The number of thiophene rings is 1. The lowest BCUT2D eigenvalue weighted by Gasteiger charge is -2.39. The fourth-order valence-electron chi connectivity index (χ4n) is 3.20. The van der Waals surface area contributed by atoms with Gasteiger partial charge in [0.2, 0.25) is 0 Å². The second kappa shape index (κ2) is 7.11. The van der Waals surface area contributed by atoms with E-state index in [0.717, 1.165) is 21.5 Å². The standard InChI is InChI=1S/C17H17BrFNO2S/c18-15-9-8-14(23-15)16(11-5-1-2-6-12(11)19)20-10-4-3-7-13(20)17(21)22/h1-2,5-6,8-9,13,16H,3-4,7,10H2,(H,21,22). The fraction of sp³-hybridized carbons (Fsp3) is 0.353. The first-order chi connectivity index (χ1) is 11.1. The normalized spacial score (nSPS) is 20.3. The average molecular weight is 398 g/mol. The van der Waals surface area contributed by atoms with E-state index in [4.69, 9.17) is 0 Å². The van der Waals surface area contributed by atoms with E-state index in [1.807, 2.05) is 17.0 Å². The number of aliphatic carboxylic acids is 1. The second-order valence-corrected chi connectivity index (χ2v) is 8.15. The molecule has 0 radical (unpaired) electrons. The highest BCUT2D eigenvalue weighted by molar-refractivity contribution is 9.11. The number of hydrogen-bond donors (Lipinski definition) is 1. The van der Waals surface area contributed by atoms with Crippen molar-refractivity contribution in [3.8, 4) is 0 Å². The Bertz CT molecular complexity index is 705. The van der Waals surface area contributed by atoms with Crippen LogP contribution >= 0.6 is 27.3 Å². The van der Waals surface area contributed by atoms with Gasteiger partial charge >= 0.3 is 5.97 Å². The highest BCUT2D eigenvalue weighted by Crippen LogP contribution is 2.39. The minimum absolute atomic E-state index is 0.295. The van der Waals surface area contributed by atoms with Crippen LogP contribution in [0.5, 0.6) is 0 Å². The van der Waals surface area contributed by atoms with Gasteiger partial charge in [-0.15, -0.1) is 11.3 Å². The van der Waals surface area contributed by atoms with Crippen LogP contribution in [-0.4, -0.2) is 28.6 Å². The first kappa shape index (κ1) is 16.6. The van der Waals surface area contributed by atoms with Crippen LogP contribution in [0.3, 0.4) is 0 Å². The van der Waals surface area contributed by atoms with Crippen molar-refractivity contribution in [1.29, 1.82) is 0 Å². The summed E-state index contributed by atoms with van der Waals surface area (Å²) < 4.78 is 15.4. The molecule has 1 saturated heterocycles. The fourth-order valence-corrected chi connectivity index (χ4v) is 4.76. The summed E-state index contributed by atoms with van der Waals surface area (Å²) in [6, 6.07) is 9.57. The molecule has 0 aliphatic carbocycles. The molecule has 2 aromatic rings. The maximum Gasteiger partial charge on any atom is 0.320 e. The molecule has 0 amide bonds. The Balaban J connectivity index is 2.08. The predicted molar refractivity (Wildman–Crippen MR) is 92.2 cm³/mol. The number of benzene rings is 1. The lowest BCUT2D eigenvalue weighted by molar-refractivity contribution is -0.145. The van der Waals surface area contributed by atoms with Gasteiger partial charge in [-0.05, 0) is 53.5 Å². The van der Waals surface area contributed by atoms with E-state index in [-0.39, 0.29) is 11.9 Å². The number of carboxylic acids is 1. The lowest BCUT2D eigenvalue weighted by Crippen LogP contribution is -2.46. The molecule has 1 fully saturated rings. The summed E-state index contributed by atoms with van der Waals surface area (Å²) in [5.41, 5.74) is 0.537. The third-order valence-corrected chi connectivity index (χ3v) is 5.90. The van der Waals surface area contributed by atoms with E-state index >= 15 is 0 Å². The van der Waals surface area contributed by atoms with Crippen molar-refractivity contribution in [2.24, 2.45) is 0 Å². The zero-order valence-electron chi connectivity index (χ0n) is 12.4. The Morgan fingerprint density at radius 2 is 2.09 bits per heavy atom. The van der Waals surface area contributed by atoms with Crippen molar-refractivity contribution in [2.45, 2.75) is 31.3 Å². The number of carboxylic acid groups (broad SMARTS) is 1. The molecule has 1 N–H and O–H groups in total. The summed E-state index contributed by atoms with van der Waals surface area (Å²) >= 11 is 4.97. The van der Waals surface area contributed by atoms with E-state index in [1.54, 1.807) is 18.2 Å². The van der Waals surface area contributed by atoms with Crippen LogP contribution in [0.4, 0.5) is 4.39 Å². The minimum Gasteiger partial charge on any atom is -0.480 e. The molecule has 3 nitrogen and oxygen atoms in total. The van der Waals surface area contributed by atoms with Crippen LogP contribution in [0, 0.1) is 5.82 Å². The Morgan fingerprint density at radius 1 is 1.30 bits per heavy atom.